The van der Waals surface area contributed by atoms with Crippen LogP contribution in [0.15, 0.2) is 70.8 Å². The zero-order valence-corrected chi connectivity index (χ0v) is 40.5. The van der Waals surface area contributed by atoms with Crippen LogP contribution in [-0.2, 0) is 56.0 Å². The molecular formula is C48H69N15O9. The smallest absolute Gasteiger partial charge is 0.243 e. The summed E-state index contributed by atoms with van der Waals surface area (Å²) in [5.41, 5.74) is 29.7. The molecule has 390 valence electrons. The van der Waals surface area contributed by atoms with Crippen molar-refractivity contribution in [3.05, 3.63) is 71.9 Å². The number of nitrogens with two attached hydrogens (primary N) is 5. The van der Waals surface area contributed by atoms with Crippen molar-refractivity contribution in [2.75, 3.05) is 19.6 Å². The van der Waals surface area contributed by atoms with Gasteiger partial charge in [-0.2, -0.15) is 0 Å². The second kappa shape index (κ2) is 29.2. The fourth-order valence-corrected chi connectivity index (χ4v) is 8.01. The average molecular weight is 1000 g/mol. The maximum absolute atomic E-state index is 14.5. The highest BCUT2D eigenvalue weighted by atomic mass is 16.2. The molecule has 0 bridgehead atoms. The van der Waals surface area contributed by atoms with Crippen molar-refractivity contribution in [2.45, 2.75) is 127 Å². The van der Waals surface area contributed by atoms with Crippen LogP contribution >= 0.6 is 0 Å². The first-order valence-corrected chi connectivity index (χ1v) is 24.0. The molecule has 4 rings (SSSR count). The number of nitrogens with one attached hydrogen (secondary N) is 8. The van der Waals surface area contributed by atoms with Crippen LogP contribution in [0.1, 0.15) is 88.7 Å². The number of amides is 8. The van der Waals surface area contributed by atoms with Gasteiger partial charge >= 0.3 is 0 Å². The molecule has 1 aliphatic rings. The van der Waals surface area contributed by atoms with Crippen LogP contribution in [0.5, 0.6) is 0 Å². The first-order valence-electron chi connectivity index (χ1n) is 24.0. The molecule has 2 heterocycles. The molecule has 3 aromatic rings. The monoisotopic (exact) mass is 1000 g/mol. The average Bonchev–Trinajstić information content (AvgIpc) is 3.74. The summed E-state index contributed by atoms with van der Waals surface area (Å²) < 4.78 is 0. The van der Waals surface area contributed by atoms with Crippen LogP contribution < -0.4 is 65.9 Å². The molecule has 1 aliphatic heterocycles. The normalized spacial score (nSPS) is 20.5. The quantitative estimate of drug-likeness (QED) is 0.0392. The van der Waals surface area contributed by atoms with Gasteiger partial charge in [0.05, 0.1) is 6.42 Å². The van der Waals surface area contributed by atoms with Crippen molar-refractivity contribution in [2.24, 2.45) is 38.7 Å². The maximum Gasteiger partial charge on any atom is 0.243 e. The number of Topliss-reactive ketones (excluding diaryl/α,β-unsaturated/α-hetero) is 1. The Hall–Kier alpha value is -8.05. The minimum absolute atomic E-state index is 0.0208. The van der Waals surface area contributed by atoms with E-state index in [9.17, 15) is 43.2 Å². The van der Waals surface area contributed by atoms with E-state index in [0.29, 0.717) is 24.8 Å². The van der Waals surface area contributed by atoms with E-state index in [0.717, 1.165) is 16.5 Å². The summed E-state index contributed by atoms with van der Waals surface area (Å²) in [6.45, 7) is 1.62. The highest BCUT2D eigenvalue weighted by Gasteiger charge is 2.34. The molecule has 1 aromatic heterocycles. The number of hydrogen-bond acceptors (Lipinski definition) is 11. The van der Waals surface area contributed by atoms with Gasteiger partial charge in [0.15, 0.2) is 11.9 Å². The third-order valence-electron chi connectivity index (χ3n) is 11.7. The van der Waals surface area contributed by atoms with E-state index in [1.54, 1.807) is 36.5 Å². The molecule has 8 amide bonds. The van der Waals surface area contributed by atoms with Crippen molar-refractivity contribution in [1.29, 1.82) is 0 Å². The summed E-state index contributed by atoms with van der Waals surface area (Å²) in [5, 5.41) is 19.5. The van der Waals surface area contributed by atoms with Gasteiger partial charge in [0.25, 0.3) is 0 Å². The van der Waals surface area contributed by atoms with E-state index in [2.05, 4.69) is 52.2 Å². The van der Waals surface area contributed by atoms with Crippen LogP contribution in [-0.4, -0.2) is 126 Å². The molecule has 24 heteroatoms. The van der Waals surface area contributed by atoms with Gasteiger partial charge in [-0.15, -0.1) is 0 Å². The lowest BCUT2D eigenvalue weighted by atomic mass is 10.0. The number of aromatic nitrogens is 1. The molecule has 0 unspecified atom stereocenters. The maximum atomic E-state index is 14.5. The van der Waals surface area contributed by atoms with Gasteiger partial charge in [0.2, 0.25) is 47.3 Å². The number of fused-ring (bicyclic) bond motifs is 1. The summed E-state index contributed by atoms with van der Waals surface area (Å²) in [4.78, 5) is 134. The second-order valence-electron chi connectivity index (χ2n) is 17.6. The van der Waals surface area contributed by atoms with Crippen molar-refractivity contribution in [3.63, 3.8) is 0 Å². The van der Waals surface area contributed by atoms with E-state index >= 15 is 0 Å². The van der Waals surface area contributed by atoms with Gasteiger partial charge in [0, 0.05) is 69.3 Å². The Labute approximate surface area is 417 Å². The van der Waals surface area contributed by atoms with Crippen LogP contribution in [0.4, 0.5) is 0 Å². The van der Waals surface area contributed by atoms with E-state index in [1.807, 2.05) is 24.3 Å². The lowest BCUT2D eigenvalue weighted by Gasteiger charge is -2.27. The molecule has 24 nitrogen and oxygen atoms in total. The number of carbonyl (C=O) groups is 9. The number of H-pyrrole nitrogens is 1. The topological polar surface area (TPSA) is 408 Å². The molecule has 0 saturated carbocycles. The zero-order chi connectivity index (χ0) is 52.6. The summed E-state index contributed by atoms with van der Waals surface area (Å²) >= 11 is 0. The van der Waals surface area contributed by atoms with Gasteiger partial charge in [-0.25, -0.2) is 0 Å². The highest BCUT2D eigenvalue weighted by Crippen LogP contribution is 2.20. The Balaban J connectivity index is 1.72. The highest BCUT2D eigenvalue weighted by molar-refractivity contribution is 5.99. The van der Waals surface area contributed by atoms with E-state index < -0.39 is 89.9 Å². The Morgan fingerprint density at radius 2 is 1.29 bits per heavy atom. The van der Waals surface area contributed by atoms with Crippen LogP contribution in [0.25, 0.3) is 10.9 Å². The zero-order valence-electron chi connectivity index (χ0n) is 40.5. The molecule has 0 spiro atoms. The number of benzene rings is 2. The minimum atomic E-state index is -1.72. The third kappa shape index (κ3) is 19.7. The third-order valence-corrected chi connectivity index (χ3v) is 11.7. The number of carbonyl (C=O) groups excluding carboxylic acids is 9. The summed E-state index contributed by atoms with van der Waals surface area (Å²) in [6.07, 6.45) is 2.45. The molecule has 2 aromatic carbocycles. The predicted octanol–water partition coefficient (Wildman–Crippen LogP) is -2.10. The number of aliphatic imine (C=N–C) groups is 2. The van der Waals surface area contributed by atoms with Crippen molar-refractivity contribution in [3.8, 4) is 0 Å². The molecule has 72 heavy (non-hydrogen) atoms. The standard InChI is InChI=1S/C48H69N15O9/c1-28(64)58-34(17-10-22-55-47(50)51)42(68)60-36-20-19-31(65)14-6-3-9-21-54-41(67)38(25-30-27-57-33-16-8-7-15-32(30)33)62-43(69)35(18-11-23-56-48(52)53)59-45(71)37(24-29-12-4-2-5-13-29)61-46(72)39(26-40(49)66)63-44(36)70/h2,4-5,7-8,12-13,15-16,27,34-39,57H,3,6,9-11,14,17-26H2,1H3,(H2,49,66)(H,54,67)(H,58,64)(H,59,71)(H,60,68)(H,61,72)(H,62,69)(H,63,70)(H4,50,51,55)(H4,52,53,56)/t34-,35-,36-,37+,38-,39-/m0/s1. The number of rotatable bonds is 17. The van der Waals surface area contributed by atoms with Crippen molar-refractivity contribution in [1.82, 2.24) is 42.2 Å². The summed E-state index contributed by atoms with van der Waals surface area (Å²) in [7, 11) is 0. The lowest BCUT2D eigenvalue weighted by Crippen LogP contribution is -2.60. The van der Waals surface area contributed by atoms with E-state index in [-0.39, 0.29) is 95.1 Å². The first-order chi connectivity index (χ1) is 34.4. The molecular weight excluding hydrogens is 931 g/mol. The van der Waals surface area contributed by atoms with Crippen LogP contribution in [0, 0.1) is 0 Å². The van der Waals surface area contributed by atoms with E-state index in [4.69, 9.17) is 28.7 Å². The number of para-hydroxylation sites is 1. The van der Waals surface area contributed by atoms with Gasteiger partial charge in [-0.1, -0.05) is 55.0 Å². The van der Waals surface area contributed by atoms with Crippen LogP contribution in [0.3, 0.4) is 0 Å². The van der Waals surface area contributed by atoms with Crippen molar-refractivity contribution >= 4 is 75.9 Å². The minimum Gasteiger partial charge on any atom is -0.370 e. The number of nitrogens with zero attached hydrogens (tertiary/aromatic N) is 2. The molecule has 1 fully saturated rings. The second-order valence-corrected chi connectivity index (χ2v) is 17.6. The number of guanidine groups is 2. The molecule has 1 saturated heterocycles. The molecule has 0 aliphatic carbocycles. The first kappa shape index (κ1) is 56.5. The summed E-state index contributed by atoms with van der Waals surface area (Å²) in [5.74, 6) is -7.04. The number of ketones is 1. The van der Waals surface area contributed by atoms with Crippen molar-refractivity contribution < 1.29 is 43.2 Å². The largest absolute Gasteiger partial charge is 0.370 e. The number of primary amides is 1. The van der Waals surface area contributed by atoms with Gasteiger partial charge < -0.3 is 70.9 Å². The SMILES string of the molecule is CC(=O)N[C@@H](CCCN=C(N)N)C(=O)N[C@H]1CCC(=O)CCCCCNC(=O)[C@H](Cc2c[nH]c3ccccc23)NC(=O)[C@H](CCCN=C(N)N)NC(=O)[C@@H](Cc2ccccc2)NC(=O)[C@H](CC(N)=O)NC1=O. The van der Waals surface area contributed by atoms with Gasteiger partial charge in [-0.05, 0) is 62.1 Å². The van der Waals surface area contributed by atoms with Crippen LogP contribution in [0.2, 0.25) is 0 Å². The number of hydrogen-bond donors (Lipinski definition) is 13. The predicted molar refractivity (Wildman–Crippen MR) is 269 cm³/mol. The Morgan fingerprint density at radius 1 is 0.681 bits per heavy atom. The van der Waals surface area contributed by atoms with E-state index in [1.165, 1.54) is 6.92 Å². The Kier molecular flexibility index (Phi) is 22.9. The Bertz CT molecular complexity index is 2420. The molecule has 0 radical (unpaired) electrons. The lowest BCUT2D eigenvalue weighted by molar-refractivity contribution is -0.136. The Morgan fingerprint density at radius 3 is 1.97 bits per heavy atom. The fourth-order valence-electron chi connectivity index (χ4n) is 8.01. The molecule has 6 atom stereocenters. The van der Waals surface area contributed by atoms with Gasteiger partial charge in [-0.3, -0.25) is 53.1 Å². The van der Waals surface area contributed by atoms with Gasteiger partial charge in [0.1, 0.15) is 42.0 Å². The molecule has 18 N–H and O–H groups in total. The number of aromatic amines is 1. The summed E-state index contributed by atoms with van der Waals surface area (Å²) in [6, 6.07) is 7.79. The fraction of sp³-hybridized carbons (Fsp3) is 0.479.